The molecule has 6 heteroatoms. The number of carbonyl (C=O) groups is 1. The largest absolute Gasteiger partial charge is 0.444 e. The van der Waals surface area contributed by atoms with E-state index in [9.17, 15) is 4.79 Å². The Morgan fingerprint density at radius 1 is 1.17 bits per heavy atom. The quantitative estimate of drug-likeness (QED) is 0.678. The number of amides is 1. The molecular weight excluding hydrogens is 347 g/mol. The molecule has 1 aromatic heterocycles. The van der Waals surface area contributed by atoms with Crippen LogP contribution in [0.5, 0.6) is 0 Å². The normalized spacial score (nSPS) is 10.6. The molecule has 1 heterocycles. The zero-order chi connectivity index (χ0) is 16.9. The molecule has 4 nitrogen and oxygen atoms in total. The molecule has 0 atom stereocenters. The van der Waals surface area contributed by atoms with Crippen molar-refractivity contribution >= 4 is 34.8 Å². The Kier molecular flexibility index (Phi) is 5.18. The Morgan fingerprint density at radius 3 is 2.79 bits per heavy atom. The monoisotopic (exact) mass is 360 g/mol. The zero-order valence-electron chi connectivity index (χ0n) is 12.6. The molecule has 3 rings (SSSR count). The van der Waals surface area contributed by atoms with Gasteiger partial charge >= 0.3 is 0 Å². The third-order valence-electron chi connectivity index (χ3n) is 3.50. The van der Waals surface area contributed by atoms with Gasteiger partial charge in [0.1, 0.15) is 0 Å². The van der Waals surface area contributed by atoms with E-state index in [2.05, 4.69) is 10.3 Å². The van der Waals surface area contributed by atoms with Gasteiger partial charge in [-0.3, -0.25) is 4.79 Å². The first-order chi connectivity index (χ1) is 11.6. The zero-order valence-corrected chi connectivity index (χ0v) is 14.1. The Bertz CT molecular complexity index is 848. The fourth-order valence-electron chi connectivity index (χ4n) is 2.30. The van der Waals surface area contributed by atoms with E-state index in [0.717, 1.165) is 11.1 Å². The maximum absolute atomic E-state index is 12.1. The number of hydrogen-bond acceptors (Lipinski definition) is 3. The summed E-state index contributed by atoms with van der Waals surface area (Å²) < 4.78 is 5.26. The van der Waals surface area contributed by atoms with Gasteiger partial charge in [-0.2, -0.15) is 0 Å². The molecule has 0 saturated heterocycles. The van der Waals surface area contributed by atoms with Crippen LogP contribution in [0, 0.1) is 0 Å². The number of aryl methyl sites for hydroxylation is 1. The first-order valence-electron chi connectivity index (χ1n) is 7.34. The number of nitrogens with one attached hydrogen (secondary N) is 1. The summed E-state index contributed by atoms with van der Waals surface area (Å²) in [5, 5.41) is 4.03. The smallest absolute Gasteiger partial charge is 0.224 e. The van der Waals surface area contributed by atoms with Crippen LogP contribution in [0.15, 0.2) is 59.5 Å². The molecule has 122 valence electrons. The summed E-state index contributed by atoms with van der Waals surface area (Å²) in [5.74, 6) is 0.565. The van der Waals surface area contributed by atoms with Gasteiger partial charge in [0.25, 0.3) is 0 Å². The molecule has 24 heavy (non-hydrogen) atoms. The summed E-state index contributed by atoms with van der Waals surface area (Å²) in [4.78, 5) is 16.0. The average molecular weight is 361 g/mol. The Hall–Kier alpha value is -2.30. The third-order valence-corrected chi connectivity index (χ3v) is 4.09. The second-order valence-corrected chi connectivity index (χ2v) is 6.07. The van der Waals surface area contributed by atoms with E-state index in [-0.39, 0.29) is 5.91 Å². The first kappa shape index (κ1) is 16.6. The number of anilines is 1. The predicted molar refractivity (Wildman–Crippen MR) is 95.4 cm³/mol. The highest BCUT2D eigenvalue weighted by Crippen LogP contribution is 2.24. The molecule has 0 spiro atoms. The van der Waals surface area contributed by atoms with Crippen molar-refractivity contribution in [3.05, 3.63) is 70.7 Å². The van der Waals surface area contributed by atoms with Gasteiger partial charge in [0.2, 0.25) is 5.91 Å². The van der Waals surface area contributed by atoms with E-state index in [0.29, 0.717) is 34.3 Å². The second-order valence-electron chi connectivity index (χ2n) is 5.23. The number of nitrogens with zero attached hydrogens (tertiary/aromatic N) is 1. The number of oxazole rings is 1. The first-order valence-corrected chi connectivity index (χ1v) is 8.10. The lowest BCUT2D eigenvalue weighted by Crippen LogP contribution is -2.12. The predicted octanol–water partition coefficient (Wildman–Crippen LogP) is 5.22. The number of halogens is 2. The van der Waals surface area contributed by atoms with E-state index < -0.39 is 0 Å². The van der Waals surface area contributed by atoms with Crippen molar-refractivity contribution < 1.29 is 9.21 Å². The van der Waals surface area contributed by atoms with Crippen LogP contribution in [-0.2, 0) is 11.2 Å². The number of aromatic nitrogens is 1. The average Bonchev–Trinajstić information content (AvgIpc) is 3.09. The van der Waals surface area contributed by atoms with Gasteiger partial charge in [0, 0.05) is 27.7 Å². The topological polar surface area (TPSA) is 55.1 Å². The second kappa shape index (κ2) is 7.51. The molecule has 0 fully saturated rings. The Labute approximate surface area is 149 Å². The summed E-state index contributed by atoms with van der Waals surface area (Å²) in [6, 6.07) is 12.7. The van der Waals surface area contributed by atoms with Crippen molar-refractivity contribution in [3.63, 3.8) is 0 Å². The number of hydrogen-bond donors (Lipinski definition) is 1. The summed E-state index contributed by atoms with van der Waals surface area (Å²) in [6.45, 7) is 0. The Morgan fingerprint density at radius 2 is 2.04 bits per heavy atom. The highest BCUT2D eigenvalue weighted by molar-refractivity contribution is 6.35. The van der Waals surface area contributed by atoms with Crippen molar-refractivity contribution in [3.8, 4) is 11.3 Å². The molecule has 0 unspecified atom stereocenters. The molecule has 1 amide bonds. The Balaban J connectivity index is 1.62. The molecule has 0 aliphatic carbocycles. The van der Waals surface area contributed by atoms with Crippen molar-refractivity contribution in [2.24, 2.45) is 0 Å². The van der Waals surface area contributed by atoms with Gasteiger partial charge in [0.15, 0.2) is 12.2 Å². The number of benzene rings is 2. The van der Waals surface area contributed by atoms with Gasteiger partial charge in [-0.15, -0.1) is 0 Å². The van der Waals surface area contributed by atoms with Crippen LogP contribution in [0.4, 0.5) is 5.69 Å². The summed E-state index contributed by atoms with van der Waals surface area (Å²) in [7, 11) is 0. The van der Waals surface area contributed by atoms with E-state index in [1.54, 1.807) is 18.3 Å². The maximum Gasteiger partial charge on any atom is 0.224 e. The van der Waals surface area contributed by atoms with Crippen LogP contribution >= 0.6 is 23.2 Å². The van der Waals surface area contributed by atoms with Crippen molar-refractivity contribution in [2.45, 2.75) is 12.8 Å². The summed E-state index contributed by atoms with van der Waals surface area (Å²) in [6.07, 6.45) is 3.87. The number of rotatable bonds is 5. The lowest BCUT2D eigenvalue weighted by molar-refractivity contribution is -0.116. The highest BCUT2D eigenvalue weighted by Gasteiger charge is 2.08. The molecule has 0 aliphatic rings. The van der Waals surface area contributed by atoms with Gasteiger partial charge in [0.05, 0.1) is 6.20 Å². The lowest BCUT2D eigenvalue weighted by Gasteiger charge is -2.08. The minimum atomic E-state index is -0.0873. The fraction of sp³-hybridized carbons (Fsp3) is 0.111. The van der Waals surface area contributed by atoms with Gasteiger partial charge in [-0.1, -0.05) is 41.4 Å². The van der Waals surface area contributed by atoms with Crippen molar-refractivity contribution in [2.75, 3.05) is 5.32 Å². The van der Waals surface area contributed by atoms with E-state index >= 15 is 0 Å². The van der Waals surface area contributed by atoms with E-state index in [1.807, 2.05) is 30.3 Å². The van der Waals surface area contributed by atoms with E-state index in [1.165, 1.54) is 6.39 Å². The fourth-order valence-corrected chi connectivity index (χ4v) is 2.81. The minimum Gasteiger partial charge on any atom is -0.444 e. The van der Waals surface area contributed by atoms with Crippen LogP contribution in [0.2, 0.25) is 10.0 Å². The van der Waals surface area contributed by atoms with Gasteiger partial charge in [-0.25, -0.2) is 4.98 Å². The SMILES string of the molecule is O=C(CCc1ccc(Cl)cc1Cl)Nc1cccc(-c2cnco2)c1. The molecular formula is C18H14Cl2N2O2. The van der Waals surface area contributed by atoms with Crippen LogP contribution in [0.3, 0.4) is 0 Å². The van der Waals surface area contributed by atoms with E-state index in [4.69, 9.17) is 27.6 Å². The van der Waals surface area contributed by atoms with Gasteiger partial charge in [-0.05, 0) is 36.2 Å². The van der Waals surface area contributed by atoms with Crippen LogP contribution in [0.25, 0.3) is 11.3 Å². The third kappa shape index (κ3) is 4.16. The molecule has 3 aromatic rings. The molecule has 0 radical (unpaired) electrons. The minimum absolute atomic E-state index is 0.0873. The molecule has 0 aliphatic heterocycles. The standard InChI is InChI=1S/C18H14Cl2N2O2/c19-14-6-4-12(16(20)9-14)5-7-18(23)22-15-3-1-2-13(8-15)17-10-21-11-24-17/h1-4,6,8-11H,5,7H2,(H,22,23). The number of carbonyl (C=O) groups excluding carboxylic acids is 1. The maximum atomic E-state index is 12.1. The molecule has 2 aromatic carbocycles. The molecule has 1 N–H and O–H groups in total. The summed E-state index contributed by atoms with van der Waals surface area (Å²) >= 11 is 12.0. The van der Waals surface area contributed by atoms with Gasteiger partial charge < -0.3 is 9.73 Å². The summed E-state index contributed by atoms with van der Waals surface area (Å²) in [5.41, 5.74) is 2.45. The highest BCUT2D eigenvalue weighted by atomic mass is 35.5. The van der Waals surface area contributed by atoms with Crippen LogP contribution in [-0.4, -0.2) is 10.9 Å². The van der Waals surface area contributed by atoms with Crippen molar-refractivity contribution in [1.29, 1.82) is 0 Å². The van der Waals surface area contributed by atoms with Crippen molar-refractivity contribution in [1.82, 2.24) is 4.98 Å². The van der Waals surface area contributed by atoms with Crippen LogP contribution < -0.4 is 5.32 Å². The lowest BCUT2D eigenvalue weighted by atomic mass is 10.1. The molecule has 0 saturated carbocycles. The molecule has 0 bridgehead atoms. The van der Waals surface area contributed by atoms with Crippen LogP contribution in [0.1, 0.15) is 12.0 Å².